The van der Waals surface area contributed by atoms with Crippen LogP contribution in [0, 0.1) is 5.92 Å². The first kappa shape index (κ1) is 22.9. The van der Waals surface area contributed by atoms with Gasteiger partial charge in [0.25, 0.3) is 0 Å². The summed E-state index contributed by atoms with van der Waals surface area (Å²) in [4.78, 5) is 6.75. The van der Waals surface area contributed by atoms with E-state index >= 15 is 0 Å². The Hall–Kier alpha value is -2.87. The van der Waals surface area contributed by atoms with Gasteiger partial charge in [-0.2, -0.15) is 0 Å². The number of likely N-dealkylation sites (tertiary alicyclic amines) is 1. The summed E-state index contributed by atoms with van der Waals surface area (Å²) in [6.07, 6.45) is 3.31. The zero-order valence-electron chi connectivity index (χ0n) is 19.5. The molecule has 3 heterocycles. The van der Waals surface area contributed by atoms with Crippen molar-refractivity contribution in [2.75, 3.05) is 40.0 Å². The summed E-state index contributed by atoms with van der Waals surface area (Å²) >= 11 is 0. The number of fused-ring (bicyclic) bond motifs is 2. The maximum absolute atomic E-state index is 11.0. The molecule has 5 rings (SSSR count). The van der Waals surface area contributed by atoms with E-state index < -0.39 is 12.2 Å². The predicted octanol–water partition coefficient (Wildman–Crippen LogP) is 3.88. The number of hydrogen-bond acceptors (Lipinski definition) is 7. The Morgan fingerprint density at radius 3 is 2.62 bits per heavy atom. The SMILES string of the molecule is COc1cnc2cccc(C(O)CN3CCC(CC(O)c4ccc5c(c4)OCCO5)CC3)c2c1. The summed E-state index contributed by atoms with van der Waals surface area (Å²) in [6.45, 7) is 3.49. The molecular weight excluding hydrogens is 432 g/mol. The lowest BCUT2D eigenvalue weighted by Gasteiger charge is -2.34. The van der Waals surface area contributed by atoms with Crippen LogP contribution in [0.2, 0.25) is 0 Å². The molecule has 2 aliphatic heterocycles. The third-order valence-corrected chi connectivity index (χ3v) is 6.97. The molecule has 34 heavy (non-hydrogen) atoms. The van der Waals surface area contributed by atoms with Crippen LogP contribution in [0.4, 0.5) is 0 Å². The number of methoxy groups -OCH3 is 1. The average Bonchev–Trinajstić information content (AvgIpc) is 2.88. The van der Waals surface area contributed by atoms with Crippen molar-refractivity contribution in [3.63, 3.8) is 0 Å². The molecule has 3 aromatic rings. The van der Waals surface area contributed by atoms with Gasteiger partial charge in [0.05, 0.1) is 31.0 Å². The molecule has 2 aliphatic rings. The molecule has 0 amide bonds. The number of aromatic nitrogens is 1. The van der Waals surface area contributed by atoms with Crippen LogP contribution in [0.15, 0.2) is 48.7 Å². The summed E-state index contributed by atoms with van der Waals surface area (Å²) < 4.78 is 16.6. The van der Waals surface area contributed by atoms with Crippen molar-refractivity contribution in [3.05, 3.63) is 59.8 Å². The zero-order valence-corrected chi connectivity index (χ0v) is 19.5. The van der Waals surface area contributed by atoms with Crippen molar-refractivity contribution >= 4 is 10.9 Å². The van der Waals surface area contributed by atoms with Crippen LogP contribution in [0.25, 0.3) is 10.9 Å². The average molecular weight is 465 g/mol. The number of piperidine rings is 1. The van der Waals surface area contributed by atoms with Crippen LogP contribution in [0.3, 0.4) is 0 Å². The molecule has 2 unspecified atom stereocenters. The van der Waals surface area contributed by atoms with Crippen LogP contribution in [0.5, 0.6) is 17.2 Å². The number of nitrogens with zero attached hydrogens (tertiary/aromatic N) is 2. The minimum absolute atomic E-state index is 0.447. The van der Waals surface area contributed by atoms with Gasteiger partial charge in [0.2, 0.25) is 0 Å². The van der Waals surface area contributed by atoms with E-state index in [2.05, 4.69) is 9.88 Å². The maximum atomic E-state index is 11.0. The monoisotopic (exact) mass is 464 g/mol. The van der Waals surface area contributed by atoms with Crippen molar-refractivity contribution in [3.8, 4) is 17.2 Å². The molecule has 0 spiro atoms. The van der Waals surface area contributed by atoms with E-state index in [4.69, 9.17) is 14.2 Å². The van der Waals surface area contributed by atoms with Crippen LogP contribution in [-0.2, 0) is 0 Å². The first-order valence-electron chi connectivity index (χ1n) is 12.0. The summed E-state index contributed by atoms with van der Waals surface area (Å²) in [7, 11) is 1.62. The first-order chi connectivity index (χ1) is 16.6. The summed E-state index contributed by atoms with van der Waals surface area (Å²) in [5, 5.41) is 22.8. The molecule has 2 N–H and O–H groups in total. The molecule has 0 saturated carbocycles. The highest BCUT2D eigenvalue weighted by Gasteiger charge is 2.25. The molecule has 1 fully saturated rings. The Bertz CT molecular complexity index is 1130. The molecule has 0 radical (unpaired) electrons. The predicted molar refractivity (Wildman–Crippen MR) is 129 cm³/mol. The van der Waals surface area contributed by atoms with E-state index in [9.17, 15) is 10.2 Å². The first-order valence-corrected chi connectivity index (χ1v) is 12.0. The van der Waals surface area contributed by atoms with Crippen LogP contribution in [-0.4, -0.2) is 60.1 Å². The Kier molecular flexibility index (Phi) is 6.85. The molecule has 1 aromatic heterocycles. The standard InChI is InChI=1S/C27H32N2O5/c1-32-20-15-22-21(3-2-4-23(22)28-16-20)25(31)17-29-9-7-18(8-10-29)13-24(30)19-5-6-26-27(14-19)34-12-11-33-26/h2-6,14-16,18,24-25,30-31H,7-13,17H2,1H3. The van der Waals surface area contributed by atoms with Gasteiger partial charge in [-0.1, -0.05) is 18.2 Å². The van der Waals surface area contributed by atoms with Gasteiger partial charge < -0.3 is 29.3 Å². The fourth-order valence-electron chi connectivity index (χ4n) is 5.02. The van der Waals surface area contributed by atoms with E-state index in [1.165, 1.54) is 0 Å². The highest BCUT2D eigenvalue weighted by atomic mass is 16.6. The fourth-order valence-corrected chi connectivity index (χ4v) is 5.02. The fraction of sp³-hybridized carbons (Fsp3) is 0.444. The number of benzene rings is 2. The number of aliphatic hydroxyl groups excluding tert-OH is 2. The second kappa shape index (κ2) is 10.2. The zero-order chi connectivity index (χ0) is 23.5. The minimum Gasteiger partial charge on any atom is -0.495 e. The summed E-state index contributed by atoms with van der Waals surface area (Å²) in [6, 6.07) is 13.5. The largest absolute Gasteiger partial charge is 0.495 e. The van der Waals surface area contributed by atoms with Crippen LogP contribution < -0.4 is 14.2 Å². The highest BCUT2D eigenvalue weighted by molar-refractivity contribution is 5.83. The highest BCUT2D eigenvalue weighted by Crippen LogP contribution is 2.36. The summed E-state index contributed by atoms with van der Waals surface area (Å²) in [5.74, 6) is 2.59. The molecule has 7 heteroatoms. The smallest absolute Gasteiger partial charge is 0.161 e. The van der Waals surface area contributed by atoms with Crippen LogP contribution in [0.1, 0.15) is 42.6 Å². The van der Waals surface area contributed by atoms with Gasteiger partial charge in [-0.3, -0.25) is 4.98 Å². The van der Waals surface area contributed by atoms with Crippen LogP contribution >= 0.6 is 0 Å². The van der Waals surface area contributed by atoms with Gasteiger partial charge >= 0.3 is 0 Å². The molecule has 180 valence electrons. The molecule has 7 nitrogen and oxygen atoms in total. The van der Waals surface area contributed by atoms with Gasteiger partial charge in [0.1, 0.15) is 19.0 Å². The molecule has 1 saturated heterocycles. The molecule has 2 aromatic carbocycles. The lowest BCUT2D eigenvalue weighted by atomic mass is 9.88. The normalized spacial score (nSPS) is 18.6. The number of aliphatic hydroxyl groups is 2. The molecule has 2 atom stereocenters. The molecule has 0 bridgehead atoms. The topological polar surface area (TPSA) is 84.3 Å². The van der Waals surface area contributed by atoms with Gasteiger partial charge in [-0.15, -0.1) is 0 Å². The molecule has 0 aliphatic carbocycles. The number of hydrogen-bond donors (Lipinski definition) is 2. The number of rotatable bonds is 7. The van der Waals surface area contributed by atoms with Gasteiger partial charge in [-0.25, -0.2) is 0 Å². The second-order valence-electron chi connectivity index (χ2n) is 9.20. The van der Waals surface area contributed by atoms with E-state index in [1.54, 1.807) is 13.3 Å². The Balaban J connectivity index is 1.16. The quantitative estimate of drug-likeness (QED) is 0.549. The number of β-amino-alcohol motifs (C(OH)–C–C–N with tert-alkyl or cyclic N) is 1. The van der Waals surface area contributed by atoms with Crippen molar-refractivity contribution in [1.82, 2.24) is 9.88 Å². The van der Waals surface area contributed by atoms with Gasteiger partial charge in [-0.05, 0) is 73.7 Å². The van der Waals surface area contributed by atoms with Crippen molar-refractivity contribution in [2.45, 2.75) is 31.5 Å². The number of pyridine rings is 1. The minimum atomic E-state index is -0.600. The van der Waals surface area contributed by atoms with E-state index in [0.29, 0.717) is 37.2 Å². The Morgan fingerprint density at radius 1 is 1.03 bits per heavy atom. The van der Waals surface area contributed by atoms with Crippen molar-refractivity contribution in [2.24, 2.45) is 5.92 Å². The Labute approximate surface area is 199 Å². The lowest BCUT2D eigenvalue weighted by Crippen LogP contribution is -2.37. The second-order valence-corrected chi connectivity index (χ2v) is 9.20. The van der Waals surface area contributed by atoms with Gasteiger partial charge in [0, 0.05) is 11.9 Å². The maximum Gasteiger partial charge on any atom is 0.161 e. The summed E-state index contributed by atoms with van der Waals surface area (Å²) in [5.41, 5.74) is 2.60. The van der Waals surface area contributed by atoms with E-state index in [1.807, 2.05) is 42.5 Å². The van der Waals surface area contributed by atoms with E-state index in [0.717, 1.165) is 60.1 Å². The van der Waals surface area contributed by atoms with Crippen molar-refractivity contribution in [1.29, 1.82) is 0 Å². The third kappa shape index (κ3) is 4.97. The lowest BCUT2D eigenvalue weighted by molar-refractivity contribution is 0.0726. The van der Waals surface area contributed by atoms with E-state index in [-0.39, 0.29) is 0 Å². The number of ether oxygens (including phenoxy) is 3. The molecular formula is C27H32N2O5. The van der Waals surface area contributed by atoms with Gasteiger partial charge in [0.15, 0.2) is 11.5 Å². The third-order valence-electron chi connectivity index (χ3n) is 6.97. The Morgan fingerprint density at radius 2 is 1.82 bits per heavy atom. The van der Waals surface area contributed by atoms with Crippen molar-refractivity contribution < 1.29 is 24.4 Å².